The van der Waals surface area contributed by atoms with Crippen molar-refractivity contribution in [1.29, 1.82) is 0 Å². The zero-order valence-corrected chi connectivity index (χ0v) is 14.4. The lowest BCUT2D eigenvalue weighted by Crippen LogP contribution is -1.96. The smallest absolute Gasteiger partial charge is 0.212 e. The Morgan fingerprint density at radius 3 is 2.32 bits per heavy atom. The summed E-state index contributed by atoms with van der Waals surface area (Å²) in [6, 6.07) is 13.0. The molecular weight excluding hydrogens is 338 g/mol. The van der Waals surface area contributed by atoms with Crippen LogP contribution < -0.4 is 10.5 Å². The maximum Gasteiger partial charge on any atom is 0.212 e. The number of methoxy groups -OCH3 is 1. The Bertz CT molecular complexity index is 896. The van der Waals surface area contributed by atoms with Gasteiger partial charge in [-0.1, -0.05) is 24.3 Å². The van der Waals surface area contributed by atoms with E-state index in [4.69, 9.17) is 15.0 Å². The van der Waals surface area contributed by atoms with E-state index in [1.54, 1.807) is 25.6 Å². The molecule has 0 saturated carbocycles. The summed E-state index contributed by atoms with van der Waals surface area (Å²) in [5.41, 5.74) is 10.3. The van der Waals surface area contributed by atoms with Gasteiger partial charge < -0.3 is 15.0 Å². The predicted molar refractivity (Wildman–Crippen MR) is 98.3 cm³/mol. The number of benzene rings is 1. The number of aromatic nitrogens is 2. The normalized spacial score (nSPS) is 11.9. The van der Waals surface area contributed by atoms with Crippen molar-refractivity contribution in [3.05, 3.63) is 60.4 Å². The van der Waals surface area contributed by atoms with Crippen LogP contribution in [0.3, 0.4) is 0 Å². The minimum absolute atomic E-state index is 0.103. The third-order valence-corrected chi connectivity index (χ3v) is 4.33. The van der Waals surface area contributed by atoms with Crippen molar-refractivity contribution in [1.82, 2.24) is 9.97 Å². The lowest BCUT2D eigenvalue weighted by Gasteiger charge is -2.09. The lowest BCUT2D eigenvalue weighted by molar-refractivity contribution is 0.398. The molecule has 0 aliphatic heterocycles. The van der Waals surface area contributed by atoms with Crippen molar-refractivity contribution < 1.29 is 13.5 Å². The van der Waals surface area contributed by atoms with Gasteiger partial charge in [0.15, 0.2) is 11.1 Å². The predicted octanol–water partition coefficient (Wildman–Crippen LogP) is 3.12. The molecule has 1 atom stereocenters. The van der Waals surface area contributed by atoms with Crippen LogP contribution >= 0.6 is 0 Å². The monoisotopic (exact) mass is 355 g/mol. The third kappa shape index (κ3) is 4.01. The van der Waals surface area contributed by atoms with Crippen LogP contribution in [0.2, 0.25) is 0 Å². The fraction of sp³-hybridized carbons (Fsp3) is 0.111. The molecule has 0 amide bonds. The van der Waals surface area contributed by atoms with Crippen LogP contribution in [0.15, 0.2) is 54.9 Å². The summed E-state index contributed by atoms with van der Waals surface area (Å²) < 4.78 is 24.9. The highest BCUT2D eigenvalue weighted by Gasteiger charge is 2.08. The molecule has 1 unspecified atom stereocenters. The van der Waals surface area contributed by atoms with Crippen molar-refractivity contribution in [3.8, 4) is 28.1 Å². The van der Waals surface area contributed by atoms with Gasteiger partial charge in [0.1, 0.15) is 5.82 Å². The summed E-state index contributed by atoms with van der Waals surface area (Å²) in [4.78, 5) is 8.48. The standard InChI is InChI=1S/C18H17N3O3S/c1-24-17-7-6-14(9-20-17)15-8-16(18(19)21-10-15)13-4-2-12(3-5-13)11-25(22)23/h2-10H,11H2,1H3,(H2,19,21)(H,22,23). The molecule has 7 heteroatoms. The highest BCUT2D eigenvalue weighted by molar-refractivity contribution is 7.78. The summed E-state index contributed by atoms with van der Waals surface area (Å²) in [6.45, 7) is 0. The number of ether oxygens (including phenoxy) is 1. The number of nitrogen functional groups attached to an aromatic ring is 1. The molecule has 0 saturated heterocycles. The summed E-state index contributed by atoms with van der Waals surface area (Å²) in [7, 11) is 1.57. The van der Waals surface area contributed by atoms with E-state index in [1.165, 1.54) is 0 Å². The number of nitrogens with zero attached hydrogens (tertiary/aromatic N) is 2. The van der Waals surface area contributed by atoms with Crippen LogP contribution in [0, 0.1) is 0 Å². The minimum atomic E-state index is -1.86. The molecule has 0 spiro atoms. The summed E-state index contributed by atoms with van der Waals surface area (Å²) >= 11 is -1.86. The van der Waals surface area contributed by atoms with Gasteiger partial charge in [-0.2, -0.15) is 0 Å². The first-order valence-electron chi connectivity index (χ1n) is 7.49. The van der Waals surface area contributed by atoms with Crippen LogP contribution in [-0.2, 0) is 16.8 Å². The minimum Gasteiger partial charge on any atom is -0.481 e. The van der Waals surface area contributed by atoms with Crippen molar-refractivity contribution in [3.63, 3.8) is 0 Å². The third-order valence-electron chi connectivity index (χ3n) is 3.75. The van der Waals surface area contributed by atoms with Gasteiger partial charge in [-0.05, 0) is 23.3 Å². The number of hydrogen-bond acceptors (Lipinski definition) is 5. The number of nitrogens with two attached hydrogens (primary N) is 1. The molecule has 2 aromatic heterocycles. The topological polar surface area (TPSA) is 98.3 Å². The molecule has 3 aromatic rings. The Kier molecular flexibility index (Phi) is 5.06. The summed E-state index contributed by atoms with van der Waals surface area (Å²) in [6.07, 6.45) is 3.42. The van der Waals surface area contributed by atoms with Gasteiger partial charge in [-0.3, -0.25) is 0 Å². The van der Waals surface area contributed by atoms with Crippen molar-refractivity contribution >= 4 is 16.9 Å². The van der Waals surface area contributed by atoms with Gasteiger partial charge in [0.05, 0.1) is 12.9 Å². The van der Waals surface area contributed by atoms with Gasteiger partial charge in [-0.25, -0.2) is 14.2 Å². The molecule has 3 rings (SSSR count). The van der Waals surface area contributed by atoms with E-state index in [1.807, 2.05) is 36.4 Å². The van der Waals surface area contributed by atoms with Gasteiger partial charge in [-0.15, -0.1) is 0 Å². The largest absolute Gasteiger partial charge is 0.481 e. The molecule has 6 nitrogen and oxygen atoms in total. The molecule has 2 heterocycles. The van der Waals surface area contributed by atoms with Gasteiger partial charge >= 0.3 is 0 Å². The molecule has 25 heavy (non-hydrogen) atoms. The molecule has 0 aliphatic rings. The van der Waals surface area contributed by atoms with E-state index in [9.17, 15) is 4.21 Å². The quantitative estimate of drug-likeness (QED) is 0.682. The van der Waals surface area contributed by atoms with Crippen LogP contribution in [0.25, 0.3) is 22.3 Å². The highest BCUT2D eigenvalue weighted by Crippen LogP contribution is 2.30. The summed E-state index contributed by atoms with van der Waals surface area (Å²) in [5, 5.41) is 0. The molecule has 128 valence electrons. The molecule has 0 radical (unpaired) electrons. The van der Waals surface area contributed by atoms with Crippen LogP contribution in [0.1, 0.15) is 5.56 Å². The number of hydrogen-bond donors (Lipinski definition) is 2. The highest BCUT2D eigenvalue weighted by atomic mass is 32.2. The van der Waals surface area contributed by atoms with Crippen LogP contribution in [0.4, 0.5) is 5.82 Å². The average molecular weight is 355 g/mol. The first-order chi connectivity index (χ1) is 12.1. The SMILES string of the molecule is COc1ccc(-c2cnc(N)c(-c3ccc(CS(=O)O)cc3)c2)cn1. The number of rotatable bonds is 5. The van der Waals surface area contributed by atoms with E-state index in [2.05, 4.69) is 9.97 Å². The Labute approximate surface area is 148 Å². The number of anilines is 1. The van der Waals surface area contributed by atoms with E-state index in [0.29, 0.717) is 11.7 Å². The first-order valence-corrected chi connectivity index (χ1v) is 8.77. The second-order valence-corrected chi connectivity index (χ2v) is 6.34. The number of pyridine rings is 2. The van der Waals surface area contributed by atoms with E-state index < -0.39 is 11.1 Å². The fourth-order valence-electron chi connectivity index (χ4n) is 2.46. The van der Waals surface area contributed by atoms with Gasteiger partial charge in [0.2, 0.25) is 5.88 Å². The van der Waals surface area contributed by atoms with Crippen molar-refractivity contribution in [2.45, 2.75) is 5.75 Å². The Morgan fingerprint density at radius 2 is 1.72 bits per heavy atom. The van der Waals surface area contributed by atoms with Crippen LogP contribution in [0.5, 0.6) is 5.88 Å². The molecule has 0 aliphatic carbocycles. The zero-order valence-electron chi connectivity index (χ0n) is 13.5. The Morgan fingerprint density at radius 1 is 1.04 bits per heavy atom. The lowest BCUT2D eigenvalue weighted by atomic mass is 10.0. The van der Waals surface area contributed by atoms with E-state index in [-0.39, 0.29) is 5.75 Å². The molecule has 0 bridgehead atoms. The second kappa shape index (κ2) is 7.42. The van der Waals surface area contributed by atoms with E-state index in [0.717, 1.165) is 27.8 Å². The fourth-order valence-corrected chi connectivity index (χ4v) is 2.94. The first kappa shape index (κ1) is 17.1. The Hall–Kier alpha value is -2.77. The van der Waals surface area contributed by atoms with E-state index >= 15 is 0 Å². The van der Waals surface area contributed by atoms with Crippen molar-refractivity contribution in [2.75, 3.05) is 12.8 Å². The molecule has 3 N–H and O–H groups in total. The molecular formula is C18H17N3O3S. The zero-order chi connectivity index (χ0) is 17.8. The van der Waals surface area contributed by atoms with Gasteiger partial charge in [0.25, 0.3) is 0 Å². The molecule has 1 aromatic carbocycles. The maximum atomic E-state index is 10.9. The van der Waals surface area contributed by atoms with Crippen LogP contribution in [-0.4, -0.2) is 25.8 Å². The van der Waals surface area contributed by atoms with Crippen molar-refractivity contribution in [2.24, 2.45) is 0 Å². The van der Waals surface area contributed by atoms with Gasteiger partial charge in [0, 0.05) is 35.2 Å². The average Bonchev–Trinajstić information content (AvgIpc) is 2.63. The second-order valence-electron chi connectivity index (χ2n) is 5.41. The summed E-state index contributed by atoms with van der Waals surface area (Å²) in [5.74, 6) is 1.07. The maximum absolute atomic E-state index is 10.9. The molecule has 0 fully saturated rings. The Balaban J connectivity index is 1.94.